The van der Waals surface area contributed by atoms with E-state index in [0.717, 1.165) is 5.56 Å². The molecule has 0 heterocycles. The van der Waals surface area contributed by atoms with Crippen LogP contribution >= 0.6 is 22.9 Å². The van der Waals surface area contributed by atoms with Crippen LogP contribution in [-0.2, 0) is 0 Å². The fourth-order valence-electron chi connectivity index (χ4n) is 1.26. The molecular formula is C10H13FINO. The van der Waals surface area contributed by atoms with Crippen LogP contribution in [-0.4, -0.2) is 10.7 Å². The van der Waals surface area contributed by atoms with Crippen molar-refractivity contribution in [1.82, 2.24) is 3.53 Å². The Kier molecular flexibility index (Phi) is 3.86. The minimum atomic E-state index is -0.876. The van der Waals surface area contributed by atoms with Crippen molar-refractivity contribution in [1.29, 1.82) is 0 Å². The lowest BCUT2D eigenvalue weighted by Gasteiger charge is -2.28. The maximum absolute atomic E-state index is 12.7. The molecular weight excluding hydrogens is 296 g/mol. The molecule has 2 nitrogen and oxygen atoms in total. The highest BCUT2D eigenvalue weighted by Gasteiger charge is 2.27. The van der Waals surface area contributed by atoms with Crippen molar-refractivity contribution in [3.63, 3.8) is 0 Å². The summed E-state index contributed by atoms with van der Waals surface area (Å²) in [6, 6.07) is 5.92. The minimum Gasteiger partial charge on any atom is -0.388 e. The van der Waals surface area contributed by atoms with Crippen molar-refractivity contribution in [2.45, 2.75) is 25.5 Å². The van der Waals surface area contributed by atoms with Crippen molar-refractivity contribution in [2.24, 2.45) is 0 Å². The van der Waals surface area contributed by atoms with E-state index in [2.05, 4.69) is 3.53 Å². The summed E-state index contributed by atoms with van der Waals surface area (Å²) in [6.07, 6.45) is 0. The van der Waals surface area contributed by atoms with Gasteiger partial charge in [0.1, 0.15) is 5.82 Å². The van der Waals surface area contributed by atoms with Gasteiger partial charge >= 0.3 is 0 Å². The van der Waals surface area contributed by atoms with Crippen LogP contribution in [0.15, 0.2) is 24.3 Å². The molecule has 0 fully saturated rings. The Morgan fingerprint density at radius 1 is 1.36 bits per heavy atom. The Balaban J connectivity index is 2.96. The van der Waals surface area contributed by atoms with Crippen molar-refractivity contribution < 1.29 is 9.50 Å². The van der Waals surface area contributed by atoms with E-state index >= 15 is 0 Å². The Morgan fingerprint density at radius 3 is 2.21 bits per heavy atom. The van der Waals surface area contributed by atoms with Crippen LogP contribution in [0.3, 0.4) is 0 Å². The highest BCUT2D eigenvalue weighted by Crippen LogP contribution is 2.26. The SMILES string of the molecule is CC(C)(O)[C@H](NI)c1ccc(F)cc1. The molecule has 0 radical (unpaired) electrons. The second-order valence-corrected chi connectivity index (χ2v) is 4.37. The third-order valence-corrected chi connectivity index (χ3v) is 2.64. The third-order valence-electron chi connectivity index (χ3n) is 2.02. The quantitative estimate of drug-likeness (QED) is 0.664. The first kappa shape index (κ1) is 11.9. The fourth-order valence-corrected chi connectivity index (χ4v) is 2.38. The number of rotatable bonds is 3. The van der Waals surface area contributed by atoms with Gasteiger partial charge in [0, 0.05) is 22.9 Å². The lowest BCUT2D eigenvalue weighted by atomic mass is 9.93. The van der Waals surface area contributed by atoms with Crippen LogP contribution in [0.2, 0.25) is 0 Å². The Hall–Kier alpha value is -0.200. The summed E-state index contributed by atoms with van der Waals surface area (Å²) >= 11 is 1.98. The molecule has 0 spiro atoms. The average Bonchev–Trinajstić information content (AvgIpc) is 2.07. The van der Waals surface area contributed by atoms with Crippen LogP contribution in [0.5, 0.6) is 0 Å². The van der Waals surface area contributed by atoms with Gasteiger partial charge in [-0.05, 0) is 31.5 Å². The van der Waals surface area contributed by atoms with Crippen LogP contribution in [0.1, 0.15) is 25.5 Å². The number of hydrogen-bond acceptors (Lipinski definition) is 2. The molecule has 78 valence electrons. The van der Waals surface area contributed by atoms with Crippen molar-refractivity contribution in [3.8, 4) is 0 Å². The molecule has 0 aliphatic rings. The number of benzene rings is 1. The first-order valence-corrected chi connectivity index (χ1v) is 5.37. The molecule has 0 saturated carbocycles. The zero-order valence-electron chi connectivity index (χ0n) is 8.09. The van der Waals surface area contributed by atoms with E-state index in [1.54, 1.807) is 26.0 Å². The molecule has 1 atom stereocenters. The number of nitrogens with one attached hydrogen (secondary N) is 1. The first-order chi connectivity index (χ1) is 6.45. The number of hydrogen-bond donors (Lipinski definition) is 2. The van der Waals surface area contributed by atoms with Crippen LogP contribution < -0.4 is 3.53 Å². The topological polar surface area (TPSA) is 32.3 Å². The van der Waals surface area contributed by atoms with Crippen LogP contribution in [0.4, 0.5) is 4.39 Å². The molecule has 0 aromatic heterocycles. The molecule has 0 aliphatic carbocycles. The van der Waals surface area contributed by atoms with E-state index in [4.69, 9.17) is 0 Å². The molecule has 4 heteroatoms. The molecule has 0 aliphatic heterocycles. The van der Waals surface area contributed by atoms with E-state index in [9.17, 15) is 9.50 Å². The van der Waals surface area contributed by atoms with E-state index in [1.807, 2.05) is 22.9 Å². The fraction of sp³-hybridized carbons (Fsp3) is 0.400. The summed E-state index contributed by atoms with van der Waals surface area (Å²) in [6.45, 7) is 3.43. The van der Waals surface area contributed by atoms with Gasteiger partial charge in [-0.15, -0.1) is 0 Å². The molecule has 14 heavy (non-hydrogen) atoms. The van der Waals surface area contributed by atoms with Gasteiger partial charge in [-0.2, -0.15) is 0 Å². The van der Waals surface area contributed by atoms with E-state index in [0.29, 0.717) is 0 Å². The minimum absolute atomic E-state index is 0.205. The highest BCUT2D eigenvalue weighted by atomic mass is 127. The molecule has 1 rings (SSSR count). The lowest BCUT2D eigenvalue weighted by molar-refractivity contribution is 0.0483. The predicted octanol–water partition coefficient (Wildman–Crippen LogP) is 2.58. The van der Waals surface area contributed by atoms with Gasteiger partial charge in [0.15, 0.2) is 0 Å². The van der Waals surface area contributed by atoms with Gasteiger partial charge in [0.25, 0.3) is 0 Å². The summed E-state index contributed by atoms with van der Waals surface area (Å²) in [5.41, 5.74) is -0.00718. The number of aliphatic hydroxyl groups is 1. The zero-order valence-corrected chi connectivity index (χ0v) is 10.2. The summed E-state index contributed by atoms with van der Waals surface area (Å²) in [5.74, 6) is -0.267. The molecule has 2 N–H and O–H groups in total. The summed E-state index contributed by atoms with van der Waals surface area (Å²) in [5, 5.41) is 9.84. The summed E-state index contributed by atoms with van der Waals surface area (Å²) in [4.78, 5) is 0. The summed E-state index contributed by atoms with van der Waals surface area (Å²) in [7, 11) is 0. The van der Waals surface area contributed by atoms with Gasteiger partial charge in [-0.25, -0.2) is 4.39 Å². The highest BCUT2D eigenvalue weighted by molar-refractivity contribution is 14.1. The molecule has 0 amide bonds. The summed E-state index contributed by atoms with van der Waals surface area (Å²) < 4.78 is 15.6. The Morgan fingerprint density at radius 2 is 1.86 bits per heavy atom. The Bertz CT molecular complexity index is 294. The third kappa shape index (κ3) is 2.90. The lowest BCUT2D eigenvalue weighted by Crippen LogP contribution is -2.34. The normalized spacial score (nSPS) is 14.1. The largest absolute Gasteiger partial charge is 0.388 e. The monoisotopic (exact) mass is 309 g/mol. The Labute approximate surface area is 97.0 Å². The average molecular weight is 309 g/mol. The van der Waals surface area contributed by atoms with E-state index in [1.165, 1.54) is 12.1 Å². The maximum atomic E-state index is 12.7. The molecule has 0 saturated heterocycles. The molecule has 1 aromatic rings. The molecule has 0 unspecified atom stereocenters. The van der Waals surface area contributed by atoms with E-state index in [-0.39, 0.29) is 11.9 Å². The van der Waals surface area contributed by atoms with E-state index < -0.39 is 5.60 Å². The molecule has 0 bridgehead atoms. The number of halogens is 2. The predicted molar refractivity (Wildman–Crippen MR) is 62.6 cm³/mol. The van der Waals surface area contributed by atoms with Crippen molar-refractivity contribution >= 4 is 22.9 Å². The van der Waals surface area contributed by atoms with Gasteiger partial charge in [-0.1, -0.05) is 12.1 Å². The smallest absolute Gasteiger partial charge is 0.123 e. The van der Waals surface area contributed by atoms with Gasteiger partial charge in [-0.3, -0.25) is 3.53 Å². The first-order valence-electron chi connectivity index (χ1n) is 4.29. The standard InChI is InChI=1S/C10H13FINO/c1-10(2,14)9(13-12)7-3-5-8(11)6-4-7/h3-6,9,13-14H,1-2H3/t9-/m1/s1. The van der Waals surface area contributed by atoms with Crippen molar-refractivity contribution in [2.75, 3.05) is 0 Å². The maximum Gasteiger partial charge on any atom is 0.123 e. The van der Waals surface area contributed by atoms with Gasteiger partial charge < -0.3 is 5.11 Å². The van der Waals surface area contributed by atoms with Crippen LogP contribution in [0.25, 0.3) is 0 Å². The second-order valence-electron chi connectivity index (χ2n) is 3.75. The van der Waals surface area contributed by atoms with Gasteiger partial charge in [0.05, 0.1) is 11.6 Å². The van der Waals surface area contributed by atoms with Gasteiger partial charge in [0.2, 0.25) is 0 Å². The molecule has 1 aromatic carbocycles. The van der Waals surface area contributed by atoms with Crippen molar-refractivity contribution in [3.05, 3.63) is 35.6 Å². The van der Waals surface area contributed by atoms with Crippen LogP contribution in [0, 0.1) is 5.82 Å². The second kappa shape index (κ2) is 4.55. The zero-order chi connectivity index (χ0) is 10.8.